The second-order valence-corrected chi connectivity index (χ2v) is 5.32. The van der Waals surface area contributed by atoms with Gasteiger partial charge in [0.15, 0.2) is 11.5 Å². The van der Waals surface area contributed by atoms with Crippen molar-refractivity contribution in [2.45, 2.75) is 20.8 Å². The summed E-state index contributed by atoms with van der Waals surface area (Å²) in [5, 5.41) is 3.81. The van der Waals surface area contributed by atoms with Crippen LogP contribution in [0.4, 0.5) is 4.39 Å². The molecule has 0 fully saturated rings. The number of nitrogens with one attached hydrogen (secondary N) is 1. The second kappa shape index (κ2) is 10.2. The van der Waals surface area contributed by atoms with Crippen LogP contribution in [0.25, 0.3) is 0 Å². The van der Waals surface area contributed by atoms with Crippen molar-refractivity contribution in [3.05, 3.63) is 53.3 Å². The molecule has 0 radical (unpaired) electrons. The number of ether oxygens (including phenoxy) is 3. The van der Waals surface area contributed by atoms with Crippen LogP contribution in [0.2, 0.25) is 0 Å². The van der Waals surface area contributed by atoms with Gasteiger partial charge in [0.05, 0.1) is 26.0 Å². The summed E-state index contributed by atoms with van der Waals surface area (Å²) < 4.78 is 30.4. The van der Waals surface area contributed by atoms with E-state index in [-0.39, 0.29) is 11.1 Å². The number of hydrazone groups is 1. The first-order chi connectivity index (χ1) is 13.1. The standard InChI is InChI=1S/C20H23FN2O4/c1-4-25-17-11-15(12-18(26-5-2)19(17)27-6-3)20(24)23-22-13-14-9-7-8-10-16(14)21/h7-13H,4-6H2,1-3H3,(H,23,24)/b22-13-. The number of halogens is 1. The van der Waals surface area contributed by atoms with E-state index in [1.165, 1.54) is 12.3 Å². The lowest BCUT2D eigenvalue weighted by atomic mass is 10.1. The Balaban J connectivity index is 2.25. The Morgan fingerprint density at radius 1 is 1.04 bits per heavy atom. The summed E-state index contributed by atoms with van der Waals surface area (Å²) in [5.74, 6) is 0.371. The van der Waals surface area contributed by atoms with Gasteiger partial charge < -0.3 is 14.2 Å². The average Bonchev–Trinajstić information content (AvgIpc) is 2.66. The minimum absolute atomic E-state index is 0.273. The molecule has 0 unspecified atom stereocenters. The quantitative estimate of drug-likeness (QED) is 0.536. The zero-order valence-electron chi connectivity index (χ0n) is 15.6. The summed E-state index contributed by atoms with van der Waals surface area (Å²) in [6, 6.07) is 9.26. The van der Waals surface area contributed by atoms with Crippen LogP contribution in [0, 0.1) is 5.82 Å². The first-order valence-electron chi connectivity index (χ1n) is 8.75. The first-order valence-corrected chi connectivity index (χ1v) is 8.75. The molecule has 144 valence electrons. The van der Waals surface area contributed by atoms with Gasteiger partial charge in [-0.1, -0.05) is 18.2 Å². The van der Waals surface area contributed by atoms with E-state index < -0.39 is 11.7 Å². The molecule has 0 aliphatic rings. The SMILES string of the molecule is CCOc1cc(C(=O)N/N=C\c2ccccc2F)cc(OCC)c1OCC. The van der Waals surface area contributed by atoms with Gasteiger partial charge in [-0.3, -0.25) is 4.79 Å². The van der Waals surface area contributed by atoms with Crippen molar-refractivity contribution in [3.63, 3.8) is 0 Å². The summed E-state index contributed by atoms with van der Waals surface area (Å²) in [4.78, 5) is 12.4. The third-order valence-corrected chi connectivity index (χ3v) is 3.45. The van der Waals surface area contributed by atoms with E-state index in [0.717, 1.165) is 0 Å². The first kappa shape index (κ1) is 20.2. The van der Waals surface area contributed by atoms with Crippen LogP contribution in [0.1, 0.15) is 36.7 Å². The Hall–Kier alpha value is -3.09. The molecular weight excluding hydrogens is 351 g/mol. The normalized spacial score (nSPS) is 10.7. The largest absolute Gasteiger partial charge is 0.490 e. The zero-order valence-corrected chi connectivity index (χ0v) is 15.6. The average molecular weight is 374 g/mol. The van der Waals surface area contributed by atoms with Gasteiger partial charge in [0, 0.05) is 11.1 Å². The second-order valence-electron chi connectivity index (χ2n) is 5.32. The molecule has 6 nitrogen and oxygen atoms in total. The van der Waals surface area contributed by atoms with Crippen molar-refractivity contribution in [1.29, 1.82) is 0 Å². The maximum atomic E-state index is 13.6. The highest BCUT2D eigenvalue weighted by Gasteiger charge is 2.18. The van der Waals surface area contributed by atoms with E-state index >= 15 is 0 Å². The maximum Gasteiger partial charge on any atom is 0.271 e. The van der Waals surface area contributed by atoms with E-state index in [1.807, 2.05) is 20.8 Å². The molecule has 2 rings (SSSR count). The lowest BCUT2D eigenvalue weighted by Gasteiger charge is -2.16. The fourth-order valence-electron chi connectivity index (χ4n) is 2.32. The van der Waals surface area contributed by atoms with Crippen molar-refractivity contribution < 1.29 is 23.4 Å². The fourth-order valence-corrected chi connectivity index (χ4v) is 2.32. The number of nitrogens with zero attached hydrogens (tertiary/aromatic N) is 1. The maximum absolute atomic E-state index is 13.6. The Bertz CT molecular complexity index is 781. The number of hydrogen-bond acceptors (Lipinski definition) is 5. The van der Waals surface area contributed by atoms with Crippen LogP contribution in [0.3, 0.4) is 0 Å². The number of hydrogen-bond donors (Lipinski definition) is 1. The molecule has 0 atom stereocenters. The van der Waals surface area contributed by atoms with Crippen LogP contribution < -0.4 is 19.6 Å². The molecule has 0 bridgehead atoms. The van der Waals surface area contributed by atoms with E-state index in [2.05, 4.69) is 10.5 Å². The van der Waals surface area contributed by atoms with Crippen LogP contribution in [0.5, 0.6) is 17.2 Å². The monoisotopic (exact) mass is 374 g/mol. The Kier molecular flexibility index (Phi) is 7.61. The van der Waals surface area contributed by atoms with Crippen LogP contribution in [0.15, 0.2) is 41.5 Å². The van der Waals surface area contributed by atoms with Crippen molar-refractivity contribution in [2.75, 3.05) is 19.8 Å². The van der Waals surface area contributed by atoms with Gasteiger partial charge in [0.1, 0.15) is 5.82 Å². The molecule has 0 heterocycles. The molecule has 2 aromatic rings. The molecule has 0 aromatic heterocycles. The third kappa shape index (κ3) is 5.44. The van der Waals surface area contributed by atoms with Gasteiger partial charge in [0.25, 0.3) is 5.91 Å². The van der Waals surface area contributed by atoms with E-state index in [1.54, 1.807) is 30.3 Å². The summed E-state index contributed by atoms with van der Waals surface area (Å²) in [6.45, 7) is 6.76. The number of benzene rings is 2. The van der Waals surface area contributed by atoms with Crippen LogP contribution >= 0.6 is 0 Å². The van der Waals surface area contributed by atoms with Gasteiger partial charge in [-0.25, -0.2) is 9.82 Å². The van der Waals surface area contributed by atoms with Crippen molar-refractivity contribution in [2.24, 2.45) is 5.10 Å². The Labute approximate surface area is 157 Å². The zero-order chi connectivity index (χ0) is 19.6. The fraction of sp³-hybridized carbons (Fsp3) is 0.300. The molecule has 1 amide bonds. The predicted molar refractivity (Wildman–Crippen MR) is 101 cm³/mol. The van der Waals surface area contributed by atoms with Crippen LogP contribution in [-0.2, 0) is 0 Å². The Morgan fingerprint density at radius 2 is 1.63 bits per heavy atom. The van der Waals surface area contributed by atoms with Gasteiger partial charge in [-0.05, 0) is 39.0 Å². The summed E-state index contributed by atoms with van der Waals surface area (Å²) in [6.07, 6.45) is 1.24. The smallest absolute Gasteiger partial charge is 0.271 e. The lowest BCUT2D eigenvalue weighted by molar-refractivity contribution is 0.0954. The molecule has 0 saturated heterocycles. The molecule has 0 aliphatic carbocycles. The minimum atomic E-state index is -0.479. The Morgan fingerprint density at radius 3 is 2.19 bits per heavy atom. The van der Waals surface area contributed by atoms with E-state index in [9.17, 15) is 9.18 Å². The highest BCUT2D eigenvalue weighted by Crippen LogP contribution is 2.39. The number of carbonyl (C=O) groups excluding carboxylic acids is 1. The third-order valence-electron chi connectivity index (χ3n) is 3.45. The molecule has 0 spiro atoms. The van der Waals surface area contributed by atoms with Crippen molar-refractivity contribution >= 4 is 12.1 Å². The number of rotatable bonds is 9. The van der Waals surface area contributed by atoms with Crippen molar-refractivity contribution in [3.8, 4) is 17.2 Å². The summed E-state index contributed by atoms with van der Waals surface area (Å²) >= 11 is 0. The molecule has 1 N–H and O–H groups in total. The minimum Gasteiger partial charge on any atom is -0.490 e. The molecule has 27 heavy (non-hydrogen) atoms. The summed E-state index contributed by atoms with van der Waals surface area (Å²) in [5.41, 5.74) is 2.94. The molecular formula is C20H23FN2O4. The number of carbonyl (C=O) groups is 1. The van der Waals surface area contributed by atoms with Crippen molar-refractivity contribution in [1.82, 2.24) is 5.43 Å². The van der Waals surface area contributed by atoms with E-state index in [4.69, 9.17) is 14.2 Å². The molecule has 0 aliphatic heterocycles. The van der Waals surface area contributed by atoms with Gasteiger partial charge in [-0.2, -0.15) is 5.10 Å². The molecule has 7 heteroatoms. The van der Waals surface area contributed by atoms with E-state index in [0.29, 0.717) is 37.1 Å². The van der Waals surface area contributed by atoms with Gasteiger partial charge >= 0.3 is 0 Å². The van der Waals surface area contributed by atoms with Crippen LogP contribution in [-0.4, -0.2) is 31.9 Å². The molecule has 2 aromatic carbocycles. The van der Waals surface area contributed by atoms with Gasteiger partial charge in [0.2, 0.25) is 5.75 Å². The molecule has 0 saturated carbocycles. The van der Waals surface area contributed by atoms with Gasteiger partial charge in [-0.15, -0.1) is 0 Å². The predicted octanol–water partition coefficient (Wildman–Crippen LogP) is 3.79. The lowest BCUT2D eigenvalue weighted by Crippen LogP contribution is -2.18. The topological polar surface area (TPSA) is 69.2 Å². The number of amides is 1. The highest BCUT2D eigenvalue weighted by atomic mass is 19.1. The summed E-state index contributed by atoms with van der Waals surface area (Å²) in [7, 11) is 0. The highest BCUT2D eigenvalue weighted by molar-refractivity contribution is 5.96.